The van der Waals surface area contributed by atoms with Crippen LogP contribution in [0, 0.1) is 24.2 Å². The van der Waals surface area contributed by atoms with E-state index >= 15 is 0 Å². The average Bonchev–Trinajstić information content (AvgIpc) is 2.54. The molecule has 0 heterocycles. The molecule has 4 heteroatoms. The van der Waals surface area contributed by atoms with Crippen LogP contribution in [0.15, 0.2) is 24.3 Å². The zero-order chi connectivity index (χ0) is 15.8. The van der Waals surface area contributed by atoms with E-state index in [1.807, 2.05) is 13.8 Å². The van der Waals surface area contributed by atoms with E-state index in [1.165, 1.54) is 0 Å². The summed E-state index contributed by atoms with van der Waals surface area (Å²) in [4.78, 5) is 0. The van der Waals surface area contributed by atoms with Crippen molar-refractivity contribution in [3.8, 4) is 24.2 Å². The lowest BCUT2D eigenvalue weighted by atomic mass is 9.90. The van der Waals surface area contributed by atoms with Gasteiger partial charge in [0, 0.05) is 27.4 Å². The van der Waals surface area contributed by atoms with E-state index in [4.69, 9.17) is 25.4 Å². The third-order valence-corrected chi connectivity index (χ3v) is 3.08. The van der Waals surface area contributed by atoms with Crippen LogP contribution in [0.5, 0.6) is 0 Å². The first-order valence-corrected chi connectivity index (χ1v) is 6.84. The van der Waals surface area contributed by atoms with Gasteiger partial charge in [-0.05, 0) is 44.1 Å². The minimum absolute atomic E-state index is 0.523. The van der Waals surface area contributed by atoms with Crippen molar-refractivity contribution >= 4 is 0 Å². The Balaban J connectivity index is 2.95. The van der Waals surface area contributed by atoms with Crippen molar-refractivity contribution in [2.45, 2.75) is 31.3 Å². The van der Waals surface area contributed by atoms with Gasteiger partial charge >= 0.3 is 0 Å². The fourth-order valence-electron chi connectivity index (χ4n) is 1.77. The van der Waals surface area contributed by atoms with Crippen LogP contribution in [0.1, 0.15) is 13.8 Å². The Morgan fingerprint density at radius 3 is 1.81 bits per heavy atom. The molecule has 0 saturated heterocycles. The first kappa shape index (κ1) is 17.5. The summed E-state index contributed by atoms with van der Waals surface area (Å²) in [7, 11) is 3.13. The molecule has 0 aliphatic heterocycles. The summed E-state index contributed by atoms with van der Waals surface area (Å²) in [5, 5.41) is 0. The Kier molecular flexibility index (Phi) is 6.68. The molecule has 1 aliphatic carbocycles. The predicted molar refractivity (Wildman–Crippen MR) is 81.4 cm³/mol. The SMILES string of the molecule is C#CC1(OC)C=CC(C#CC(OCC)OCC)(OC)C=C1. The molecule has 1 rings (SSSR count). The number of terminal acetylenes is 1. The summed E-state index contributed by atoms with van der Waals surface area (Å²) < 4.78 is 21.6. The Hall–Kier alpha value is -1.56. The van der Waals surface area contributed by atoms with Gasteiger partial charge in [0.15, 0.2) is 11.2 Å². The minimum Gasteiger partial charge on any atom is -0.358 e. The fraction of sp³-hybridized carbons (Fsp3) is 0.529. The van der Waals surface area contributed by atoms with Gasteiger partial charge in [-0.15, -0.1) is 6.42 Å². The van der Waals surface area contributed by atoms with Gasteiger partial charge in [-0.1, -0.05) is 11.8 Å². The molecule has 4 nitrogen and oxygen atoms in total. The average molecular weight is 290 g/mol. The third-order valence-electron chi connectivity index (χ3n) is 3.08. The van der Waals surface area contributed by atoms with Crippen molar-refractivity contribution in [2.24, 2.45) is 0 Å². The number of methoxy groups -OCH3 is 2. The molecular weight excluding hydrogens is 268 g/mol. The van der Waals surface area contributed by atoms with Crippen LogP contribution in [0.2, 0.25) is 0 Å². The van der Waals surface area contributed by atoms with E-state index in [-0.39, 0.29) is 0 Å². The largest absolute Gasteiger partial charge is 0.358 e. The quantitative estimate of drug-likeness (QED) is 0.425. The maximum Gasteiger partial charge on any atom is 0.222 e. The maximum atomic E-state index is 5.49. The molecule has 0 aromatic heterocycles. The molecule has 0 saturated carbocycles. The molecule has 114 valence electrons. The van der Waals surface area contributed by atoms with Gasteiger partial charge in [0.05, 0.1) is 0 Å². The van der Waals surface area contributed by atoms with Gasteiger partial charge in [-0.3, -0.25) is 0 Å². The van der Waals surface area contributed by atoms with Crippen LogP contribution in [-0.4, -0.2) is 44.9 Å². The second kappa shape index (κ2) is 8.02. The summed E-state index contributed by atoms with van der Waals surface area (Å²) >= 11 is 0. The molecule has 0 radical (unpaired) electrons. The van der Waals surface area contributed by atoms with Crippen molar-refractivity contribution in [1.82, 2.24) is 0 Å². The molecule has 0 spiro atoms. The molecule has 0 fully saturated rings. The standard InChI is InChI=1S/C17H22O4/c1-6-16(18-4)11-13-17(19-5,14-12-16)10-9-15(20-7-2)21-8-3/h1,11-15H,7-8H2,2-5H3. The molecule has 0 N–H and O–H groups in total. The first-order valence-electron chi connectivity index (χ1n) is 6.84. The molecule has 0 aromatic rings. The van der Waals surface area contributed by atoms with Gasteiger partial charge in [0.25, 0.3) is 0 Å². The van der Waals surface area contributed by atoms with Crippen LogP contribution >= 0.6 is 0 Å². The van der Waals surface area contributed by atoms with Crippen LogP contribution in [0.4, 0.5) is 0 Å². The first-order chi connectivity index (χ1) is 10.1. The van der Waals surface area contributed by atoms with Crippen molar-refractivity contribution < 1.29 is 18.9 Å². The van der Waals surface area contributed by atoms with Crippen LogP contribution in [0.3, 0.4) is 0 Å². The third kappa shape index (κ3) is 4.46. The Morgan fingerprint density at radius 1 is 0.952 bits per heavy atom. The van der Waals surface area contributed by atoms with Gasteiger partial charge < -0.3 is 18.9 Å². The van der Waals surface area contributed by atoms with Crippen LogP contribution in [-0.2, 0) is 18.9 Å². The highest BCUT2D eigenvalue weighted by atomic mass is 16.7. The molecule has 0 amide bonds. The molecule has 1 aliphatic rings. The molecule has 0 unspecified atom stereocenters. The second-order valence-corrected chi connectivity index (χ2v) is 4.32. The lowest BCUT2D eigenvalue weighted by Crippen LogP contribution is -2.34. The smallest absolute Gasteiger partial charge is 0.222 e. The van der Waals surface area contributed by atoms with E-state index in [2.05, 4.69) is 17.8 Å². The highest BCUT2D eigenvalue weighted by molar-refractivity contribution is 5.43. The van der Waals surface area contributed by atoms with Crippen molar-refractivity contribution in [3.63, 3.8) is 0 Å². The molecule has 0 bridgehead atoms. The normalized spacial score (nSPS) is 27.2. The molecule has 21 heavy (non-hydrogen) atoms. The zero-order valence-corrected chi connectivity index (χ0v) is 13.0. The van der Waals surface area contributed by atoms with E-state index in [0.717, 1.165) is 0 Å². The Labute approximate surface area is 127 Å². The predicted octanol–water partition coefficient (Wildman–Crippen LogP) is 1.92. The topological polar surface area (TPSA) is 36.9 Å². The Morgan fingerprint density at radius 2 is 1.43 bits per heavy atom. The van der Waals surface area contributed by atoms with Crippen molar-refractivity contribution in [1.29, 1.82) is 0 Å². The maximum absolute atomic E-state index is 5.49. The summed E-state index contributed by atoms with van der Waals surface area (Å²) in [5.74, 6) is 8.54. The highest BCUT2D eigenvalue weighted by Gasteiger charge is 2.31. The second-order valence-electron chi connectivity index (χ2n) is 4.32. The summed E-state index contributed by atoms with van der Waals surface area (Å²) in [5.41, 5.74) is -1.70. The lowest BCUT2D eigenvalue weighted by molar-refractivity contribution is -0.0972. The van der Waals surface area contributed by atoms with E-state index in [9.17, 15) is 0 Å². The van der Waals surface area contributed by atoms with Gasteiger partial charge in [-0.25, -0.2) is 0 Å². The summed E-state index contributed by atoms with van der Waals surface area (Å²) in [6.45, 7) is 4.82. The number of ether oxygens (including phenoxy) is 4. The monoisotopic (exact) mass is 290 g/mol. The number of rotatable bonds is 6. The van der Waals surface area contributed by atoms with Crippen molar-refractivity contribution in [3.05, 3.63) is 24.3 Å². The Bertz CT molecular complexity index is 467. The minimum atomic E-state index is -0.856. The number of hydrogen-bond acceptors (Lipinski definition) is 4. The van der Waals surface area contributed by atoms with Crippen LogP contribution < -0.4 is 0 Å². The fourth-order valence-corrected chi connectivity index (χ4v) is 1.77. The summed E-state index contributed by atoms with van der Waals surface area (Å²) in [6.07, 6.45) is 12.0. The van der Waals surface area contributed by atoms with Crippen molar-refractivity contribution in [2.75, 3.05) is 27.4 Å². The zero-order valence-electron chi connectivity index (χ0n) is 13.0. The van der Waals surface area contributed by atoms with Crippen LogP contribution in [0.25, 0.3) is 0 Å². The van der Waals surface area contributed by atoms with Gasteiger partial charge in [0.1, 0.15) is 0 Å². The van der Waals surface area contributed by atoms with E-state index in [0.29, 0.717) is 13.2 Å². The molecule has 0 aromatic carbocycles. The lowest BCUT2D eigenvalue weighted by Gasteiger charge is -2.29. The highest BCUT2D eigenvalue weighted by Crippen LogP contribution is 2.26. The number of hydrogen-bond donors (Lipinski definition) is 0. The molecule has 0 atom stereocenters. The molecular formula is C17H22O4. The van der Waals surface area contributed by atoms with Gasteiger partial charge in [0.2, 0.25) is 6.29 Å². The van der Waals surface area contributed by atoms with E-state index in [1.54, 1.807) is 38.5 Å². The summed E-state index contributed by atoms with van der Waals surface area (Å²) in [6, 6.07) is 0. The van der Waals surface area contributed by atoms with E-state index < -0.39 is 17.5 Å². The van der Waals surface area contributed by atoms with Gasteiger partial charge in [-0.2, -0.15) is 0 Å².